The lowest BCUT2D eigenvalue weighted by Crippen LogP contribution is -2.53. The SMILES string of the molecule is CCC(C)C(NC(=O)c1ccc(Cl)cc1)C(=O)NCC1(c2ccc(OC)cc2)CCOCC1. The van der Waals surface area contributed by atoms with Crippen LogP contribution in [0, 0.1) is 5.92 Å². The van der Waals surface area contributed by atoms with Gasteiger partial charge in [-0.15, -0.1) is 0 Å². The molecule has 1 fully saturated rings. The number of methoxy groups -OCH3 is 1. The number of halogens is 1. The summed E-state index contributed by atoms with van der Waals surface area (Å²) in [6.07, 6.45) is 2.38. The maximum Gasteiger partial charge on any atom is 0.251 e. The molecule has 3 rings (SSSR count). The van der Waals surface area contributed by atoms with Crippen molar-refractivity contribution in [2.24, 2.45) is 5.92 Å². The summed E-state index contributed by atoms with van der Waals surface area (Å²) in [4.78, 5) is 26.1. The van der Waals surface area contributed by atoms with E-state index in [0.29, 0.717) is 30.3 Å². The Hall–Kier alpha value is -2.57. The number of hydrogen-bond acceptors (Lipinski definition) is 4. The molecule has 2 aromatic carbocycles. The van der Waals surface area contributed by atoms with E-state index in [1.807, 2.05) is 26.0 Å². The Labute approximate surface area is 201 Å². The lowest BCUT2D eigenvalue weighted by Gasteiger charge is -2.38. The summed E-state index contributed by atoms with van der Waals surface area (Å²) < 4.78 is 10.9. The van der Waals surface area contributed by atoms with Crippen molar-refractivity contribution in [2.75, 3.05) is 26.9 Å². The first-order chi connectivity index (χ1) is 15.9. The van der Waals surface area contributed by atoms with E-state index in [1.54, 1.807) is 31.4 Å². The van der Waals surface area contributed by atoms with E-state index in [9.17, 15) is 9.59 Å². The fourth-order valence-corrected chi connectivity index (χ4v) is 4.29. The van der Waals surface area contributed by atoms with Gasteiger partial charge in [-0.1, -0.05) is 44.0 Å². The predicted octanol–water partition coefficient (Wildman–Crippen LogP) is 4.36. The van der Waals surface area contributed by atoms with Crippen molar-refractivity contribution >= 4 is 23.4 Å². The van der Waals surface area contributed by atoms with E-state index in [-0.39, 0.29) is 23.1 Å². The third-order valence-corrected chi connectivity index (χ3v) is 6.89. The van der Waals surface area contributed by atoms with Gasteiger partial charge in [0.15, 0.2) is 0 Å². The molecule has 1 saturated heterocycles. The monoisotopic (exact) mass is 472 g/mol. The highest BCUT2D eigenvalue weighted by atomic mass is 35.5. The lowest BCUT2D eigenvalue weighted by molar-refractivity contribution is -0.124. The van der Waals surface area contributed by atoms with Crippen molar-refractivity contribution in [3.63, 3.8) is 0 Å². The Morgan fingerprint density at radius 2 is 1.73 bits per heavy atom. The Bertz CT molecular complexity index is 924. The Morgan fingerprint density at radius 1 is 1.09 bits per heavy atom. The molecule has 1 aliphatic rings. The molecule has 33 heavy (non-hydrogen) atoms. The molecule has 2 amide bonds. The van der Waals surface area contributed by atoms with Gasteiger partial charge in [0.25, 0.3) is 5.91 Å². The molecule has 6 nitrogen and oxygen atoms in total. The van der Waals surface area contributed by atoms with Crippen LogP contribution in [0.1, 0.15) is 49.0 Å². The molecule has 1 heterocycles. The molecule has 2 N–H and O–H groups in total. The zero-order valence-electron chi connectivity index (χ0n) is 19.5. The van der Waals surface area contributed by atoms with Gasteiger partial charge in [0, 0.05) is 35.8 Å². The third-order valence-electron chi connectivity index (χ3n) is 6.64. The zero-order valence-corrected chi connectivity index (χ0v) is 20.3. The van der Waals surface area contributed by atoms with E-state index in [2.05, 4.69) is 22.8 Å². The van der Waals surface area contributed by atoms with Crippen LogP contribution in [0.15, 0.2) is 48.5 Å². The van der Waals surface area contributed by atoms with E-state index < -0.39 is 6.04 Å². The van der Waals surface area contributed by atoms with Crippen molar-refractivity contribution in [2.45, 2.75) is 44.6 Å². The number of carbonyl (C=O) groups excluding carboxylic acids is 2. The van der Waals surface area contributed by atoms with Crippen LogP contribution in [0.2, 0.25) is 5.02 Å². The molecule has 1 aliphatic heterocycles. The van der Waals surface area contributed by atoms with Crippen LogP contribution in [-0.4, -0.2) is 44.7 Å². The van der Waals surface area contributed by atoms with Crippen LogP contribution in [0.4, 0.5) is 0 Å². The lowest BCUT2D eigenvalue weighted by atomic mass is 9.74. The fraction of sp³-hybridized carbons (Fsp3) is 0.462. The number of carbonyl (C=O) groups is 2. The van der Waals surface area contributed by atoms with Crippen molar-refractivity contribution in [3.05, 3.63) is 64.7 Å². The van der Waals surface area contributed by atoms with Crippen LogP contribution in [0.25, 0.3) is 0 Å². The Kier molecular flexibility index (Phi) is 8.75. The maximum atomic E-state index is 13.3. The zero-order chi connectivity index (χ0) is 23.8. The predicted molar refractivity (Wildman–Crippen MR) is 130 cm³/mol. The van der Waals surface area contributed by atoms with Crippen LogP contribution in [0.3, 0.4) is 0 Å². The smallest absolute Gasteiger partial charge is 0.251 e. The fourth-order valence-electron chi connectivity index (χ4n) is 4.17. The van der Waals surface area contributed by atoms with Gasteiger partial charge in [-0.25, -0.2) is 0 Å². The molecule has 0 aliphatic carbocycles. The van der Waals surface area contributed by atoms with Gasteiger partial charge in [-0.2, -0.15) is 0 Å². The highest BCUT2D eigenvalue weighted by Crippen LogP contribution is 2.35. The number of hydrogen-bond donors (Lipinski definition) is 2. The molecule has 0 aromatic heterocycles. The molecule has 0 bridgehead atoms. The van der Waals surface area contributed by atoms with Gasteiger partial charge >= 0.3 is 0 Å². The molecular formula is C26H33ClN2O4. The summed E-state index contributed by atoms with van der Waals surface area (Å²) in [5.74, 6) is 0.314. The Balaban J connectivity index is 1.74. The molecule has 0 spiro atoms. The first-order valence-corrected chi connectivity index (χ1v) is 11.8. The molecule has 0 saturated carbocycles. The topological polar surface area (TPSA) is 76.7 Å². The van der Waals surface area contributed by atoms with Gasteiger partial charge in [-0.3, -0.25) is 9.59 Å². The van der Waals surface area contributed by atoms with E-state index >= 15 is 0 Å². The Morgan fingerprint density at radius 3 is 2.30 bits per heavy atom. The number of ether oxygens (including phenoxy) is 2. The van der Waals surface area contributed by atoms with E-state index in [4.69, 9.17) is 21.1 Å². The van der Waals surface area contributed by atoms with Crippen LogP contribution < -0.4 is 15.4 Å². The van der Waals surface area contributed by atoms with Gasteiger partial charge in [-0.05, 0) is 60.7 Å². The van der Waals surface area contributed by atoms with Crippen molar-refractivity contribution < 1.29 is 19.1 Å². The first kappa shape index (κ1) is 25.1. The normalized spacial score (nSPS) is 17.0. The summed E-state index contributed by atoms with van der Waals surface area (Å²) in [6, 6.07) is 14.0. The molecule has 2 atom stereocenters. The van der Waals surface area contributed by atoms with E-state index in [0.717, 1.165) is 30.6 Å². The van der Waals surface area contributed by atoms with Crippen LogP contribution >= 0.6 is 11.6 Å². The molecule has 2 aromatic rings. The number of benzene rings is 2. The van der Waals surface area contributed by atoms with Crippen LogP contribution in [-0.2, 0) is 14.9 Å². The molecular weight excluding hydrogens is 440 g/mol. The van der Waals surface area contributed by atoms with Crippen molar-refractivity contribution in [1.82, 2.24) is 10.6 Å². The van der Waals surface area contributed by atoms with Gasteiger partial charge < -0.3 is 20.1 Å². The standard InChI is InChI=1S/C26H33ClN2O4/c1-4-18(2)23(29-24(30)19-5-9-21(27)10-6-19)25(31)28-17-26(13-15-33-16-14-26)20-7-11-22(32-3)12-8-20/h5-12,18,23H,4,13-17H2,1-3H3,(H,28,31)(H,29,30). The minimum absolute atomic E-state index is 0.0205. The second-order valence-electron chi connectivity index (χ2n) is 8.68. The number of nitrogens with one attached hydrogen (secondary N) is 2. The summed E-state index contributed by atoms with van der Waals surface area (Å²) in [6.45, 7) is 5.75. The highest BCUT2D eigenvalue weighted by molar-refractivity contribution is 6.30. The largest absolute Gasteiger partial charge is 0.497 e. The molecule has 2 unspecified atom stereocenters. The highest BCUT2D eigenvalue weighted by Gasteiger charge is 2.36. The van der Waals surface area contributed by atoms with E-state index in [1.165, 1.54) is 0 Å². The number of rotatable bonds is 9. The molecule has 7 heteroatoms. The summed E-state index contributed by atoms with van der Waals surface area (Å²) in [7, 11) is 1.65. The minimum Gasteiger partial charge on any atom is -0.497 e. The second kappa shape index (κ2) is 11.5. The summed E-state index contributed by atoms with van der Waals surface area (Å²) in [5.41, 5.74) is 1.40. The maximum absolute atomic E-state index is 13.3. The summed E-state index contributed by atoms with van der Waals surface area (Å²) in [5, 5.41) is 6.62. The van der Waals surface area contributed by atoms with Gasteiger partial charge in [0.05, 0.1) is 7.11 Å². The van der Waals surface area contributed by atoms with Gasteiger partial charge in [0.2, 0.25) is 5.91 Å². The average Bonchev–Trinajstić information content (AvgIpc) is 2.86. The molecule has 178 valence electrons. The van der Waals surface area contributed by atoms with Gasteiger partial charge in [0.1, 0.15) is 11.8 Å². The van der Waals surface area contributed by atoms with Crippen LogP contribution in [0.5, 0.6) is 5.75 Å². The minimum atomic E-state index is -0.633. The first-order valence-electron chi connectivity index (χ1n) is 11.4. The average molecular weight is 473 g/mol. The summed E-state index contributed by atoms with van der Waals surface area (Å²) >= 11 is 5.93. The molecule has 0 radical (unpaired) electrons. The van der Waals surface area contributed by atoms with Crippen molar-refractivity contribution in [3.8, 4) is 5.75 Å². The quantitative estimate of drug-likeness (QED) is 0.568. The number of amides is 2. The second-order valence-corrected chi connectivity index (χ2v) is 9.12. The van der Waals surface area contributed by atoms with Crippen molar-refractivity contribution in [1.29, 1.82) is 0 Å². The third kappa shape index (κ3) is 6.27.